The van der Waals surface area contributed by atoms with E-state index in [0.717, 1.165) is 0 Å². The van der Waals surface area contributed by atoms with E-state index >= 15 is 0 Å². The number of alkyl halides is 4. The second-order valence-electron chi connectivity index (χ2n) is 6.30. The van der Waals surface area contributed by atoms with E-state index < -0.39 is 24.6 Å². The summed E-state index contributed by atoms with van der Waals surface area (Å²) in [6.45, 7) is 0.757. The summed E-state index contributed by atoms with van der Waals surface area (Å²) in [6.07, 6.45) is -4.78. The van der Waals surface area contributed by atoms with E-state index in [1.54, 1.807) is 25.9 Å². The maximum Gasteiger partial charge on any atom is 0.573 e. The van der Waals surface area contributed by atoms with Gasteiger partial charge in [0.15, 0.2) is 5.65 Å². The number of aromatic amines is 1. The monoisotopic (exact) mass is 399 g/mol. The van der Waals surface area contributed by atoms with Crippen LogP contribution < -0.4 is 15.2 Å². The number of fused-ring (bicyclic) bond motifs is 1. The number of nitrogens with zero attached hydrogens (tertiary/aromatic N) is 4. The van der Waals surface area contributed by atoms with Gasteiger partial charge in [0.2, 0.25) is 5.95 Å². The van der Waals surface area contributed by atoms with E-state index in [9.17, 15) is 22.4 Å². The maximum absolute atomic E-state index is 13.4. The molecule has 0 aliphatic heterocycles. The predicted octanol–water partition coefficient (Wildman–Crippen LogP) is 3.16. The normalized spacial score (nSPS) is 13.0. The Balaban J connectivity index is 2.06. The fourth-order valence-corrected chi connectivity index (χ4v) is 2.77. The number of H-pyrrole nitrogens is 1. The van der Waals surface area contributed by atoms with Crippen LogP contribution in [0, 0.1) is 0 Å². The summed E-state index contributed by atoms with van der Waals surface area (Å²) in [7, 11) is 3.37. The molecule has 3 rings (SSSR count). The molecule has 0 bridgehead atoms. The SMILES string of the molecule is C[C@H](c1ccc(OC(F)(F)F)cc1)n1nc(CF)c2c(=O)[nH]c(N(C)C)nc21. The molecule has 11 heteroatoms. The Kier molecular flexibility index (Phi) is 5.01. The van der Waals surface area contributed by atoms with Gasteiger partial charge in [-0.2, -0.15) is 10.1 Å². The first-order valence-electron chi connectivity index (χ1n) is 8.21. The standard InChI is InChI=1S/C17H17F4N5O2/c1-9(10-4-6-11(7-5-10)28-17(19,20)21)26-14-13(12(8-18)24-26)15(27)23-16(22-14)25(2)3/h4-7,9H,8H2,1-3H3,(H,22,23,27)/t9-/m1/s1. The fraction of sp³-hybridized carbons (Fsp3) is 0.353. The lowest BCUT2D eigenvalue weighted by atomic mass is 10.1. The van der Waals surface area contributed by atoms with E-state index in [1.807, 2.05) is 0 Å². The molecule has 0 radical (unpaired) electrons. The molecule has 1 atom stereocenters. The van der Waals surface area contributed by atoms with Gasteiger partial charge in [0.05, 0.1) is 6.04 Å². The fourth-order valence-electron chi connectivity index (χ4n) is 2.77. The smallest absolute Gasteiger partial charge is 0.406 e. The molecule has 1 N–H and O–H groups in total. The second-order valence-corrected chi connectivity index (χ2v) is 6.30. The van der Waals surface area contributed by atoms with Gasteiger partial charge in [-0.3, -0.25) is 9.78 Å². The van der Waals surface area contributed by atoms with Crippen molar-refractivity contribution in [1.29, 1.82) is 0 Å². The third-order valence-electron chi connectivity index (χ3n) is 4.13. The third-order valence-corrected chi connectivity index (χ3v) is 4.13. The summed E-state index contributed by atoms with van der Waals surface area (Å²) >= 11 is 0. The summed E-state index contributed by atoms with van der Waals surface area (Å²) in [4.78, 5) is 20.9. The summed E-state index contributed by atoms with van der Waals surface area (Å²) in [6, 6.07) is 4.70. The zero-order chi connectivity index (χ0) is 20.6. The van der Waals surface area contributed by atoms with Crippen molar-refractivity contribution in [2.45, 2.75) is 26.0 Å². The van der Waals surface area contributed by atoms with Gasteiger partial charge in [-0.1, -0.05) is 12.1 Å². The Labute approximate surface area is 156 Å². The van der Waals surface area contributed by atoms with Crippen molar-refractivity contribution in [3.63, 3.8) is 0 Å². The van der Waals surface area contributed by atoms with E-state index in [0.29, 0.717) is 5.56 Å². The van der Waals surface area contributed by atoms with Gasteiger partial charge in [-0.15, -0.1) is 13.2 Å². The molecule has 7 nitrogen and oxygen atoms in total. The van der Waals surface area contributed by atoms with Gasteiger partial charge in [0.25, 0.3) is 5.56 Å². The Morgan fingerprint density at radius 1 is 1.25 bits per heavy atom. The Hall–Kier alpha value is -3.11. The molecule has 2 heterocycles. The lowest BCUT2D eigenvalue weighted by molar-refractivity contribution is -0.274. The van der Waals surface area contributed by atoms with E-state index in [4.69, 9.17) is 0 Å². The Bertz CT molecular complexity index is 1040. The van der Waals surface area contributed by atoms with Crippen molar-refractivity contribution in [1.82, 2.24) is 19.7 Å². The van der Waals surface area contributed by atoms with Gasteiger partial charge in [0.1, 0.15) is 23.5 Å². The summed E-state index contributed by atoms with van der Waals surface area (Å²) in [5, 5.41) is 4.20. The summed E-state index contributed by atoms with van der Waals surface area (Å²) in [5.41, 5.74) is 0.188. The molecule has 28 heavy (non-hydrogen) atoms. The number of nitrogens with one attached hydrogen (secondary N) is 1. The van der Waals surface area contributed by atoms with Crippen LogP contribution in [0.1, 0.15) is 24.2 Å². The van der Waals surface area contributed by atoms with Gasteiger partial charge in [-0.25, -0.2) is 9.07 Å². The Morgan fingerprint density at radius 2 is 1.89 bits per heavy atom. The molecule has 0 aliphatic carbocycles. The van der Waals surface area contributed by atoms with Crippen LogP contribution in [0.3, 0.4) is 0 Å². The third kappa shape index (κ3) is 3.78. The van der Waals surface area contributed by atoms with E-state index in [1.165, 1.54) is 28.9 Å². The van der Waals surface area contributed by atoms with Crippen LogP contribution in [0.2, 0.25) is 0 Å². The van der Waals surface area contributed by atoms with Gasteiger partial charge >= 0.3 is 6.36 Å². The van der Waals surface area contributed by atoms with Crippen LogP contribution in [0.5, 0.6) is 5.75 Å². The molecular formula is C17H17F4N5O2. The highest BCUT2D eigenvalue weighted by Gasteiger charge is 2.31. The highest BCUT2D eigenvalue weighted by Crippen LogP contribution is 2.27. The minimum absolute atomic E-state index is 0.0389. The second kappa shape index (κ2) is 7.13. The molecule has 0 unspecified atom stereocenters. The molecule has 0 fully saturated rings. The van der Waals surface area contributed by atoms with Crippen molar-refractivity contribution < 1.29 is 22.3 Å². The first-order chi connectivity index (χ1) is 13.1. The molecule has 1 aromatic carbocycles. The van der Waals surface area contributed by atoms with Gasteiger partial charge < -0.3 is 9.64 Å². The van der Waals surface area contributed by atoms with Crippen LogP contribution in [0.15, 0.2) is 29.1 Å². The first kappa shape index (κ1) is 19.6. The number of aromatic nitrogens is 4. The van der Waals surface area contributed by atoms with Crippen molar-refractivity contribution in [2.24, 2.45) is 0 Å². The lowest BCUT2D eigenvalue weighted by Crippen LogP contribution is -2.20. The van der Waals surface area contributed by atoms with Crippen LogP contribution in [0.25, 0.3) is 11.0 Å². The van der Waals surface area contributed by atoms with Crippen LogP contribution in [-0.2, 0) is 6.67 Å². The topological polar surface area (TPSA) is 76.0 Å². The lowest BCUT2D eigenvalue weighted by Gasteiger charge is -2.16. The van der Waals surface area contributed by atoms with Crippen LogP contribution in [0.4, 0.5) is 23.5 Å². The summed E-state index contributed by atoms with van der Waals surface area (Å²) < 4.78 is 55.5. The van der Waals surface area contributed by atoms with E-state index in [2.05, 4.69) is 19.8 Å². The van der Waals surface area contributed by atoms with Crippen molar-refractivity contribution in [2.75, 3.05) is 19.0 Å². The summed E-state index contributed by atoms with van der Waals surface area (Å²) in [5.74, 6) is -0.0899. The highest BCUT2D eigenvalue weighted by atomic mass is 19.4. The predicted molar refractivity (Wildman–Crippen MR) is 94.2 cm³/mol. The number of rotatable bonds is 5. The molecule has 0 saturated heterocycles. The highest BCUT2D eigenvalue weighted by molar-refractivity contribution is 5.78. The Morgan fingerprint density at radius 3 is 2.43 bits per heavy atom. The number of hydrogen-bond acceptors (Lipinski definition) is 5. The van der Waals surface area contributed by atoms with Crippen molar-refractivity contribution in [3.05, 3.63) is 45.9 Å². The average Bonchev–Trinajstić information content (AvgIpc) is 2.99. The molecule has 2 aromatic heterocycles. The number of hydrogen-bond donors (Lipinski definition) is 1. The molecule has 3 aromatic rings. The molecule has 150 valence electrons. The molecular weight excluding hydrogens is 382 g/mol. The van der Waals surface area contributed by atoms with Crippen LogP contribution in [-0.4, -0.2) is 40.2 Å². The van der Waals surface area contributed by atoms with Crippen molar-refractivity contribution >= 4 is 17.0 Å². The molecule has 0 amide bonds. The van der Waals surface area contributed by atoms with Crippen LogP contribution >= 0.6 is 0 Å². The number of benzene rings is 1. The quantitative estimate of drug-likeness (QED) is 0.667. The van der Waals surface area contributed by atoms with Crippen molar-refractivity contribution in [3.8, 4) is 5.75 Å². The van der Waals surface area contributed by atoms with Gasteiger partial charge in [0, 0.05) is 14.1 Å². The first-order valence-corrected chi connectivity index (χ1v) is 8.21. The minimum atomic E-state index is -4.78. The van der Waals surface area contributed by atoms with E-state index in [-0.39, 0.29) is 28.4 Å². The number of anilines is 1. The molecule has 0 aliphatic rings. The minimum Gasteiger partial charge on any atom is -0.406 e. The zero-order valence-corrected chi connectivity index (χ0v) is 15.2. The maximum atomic E-state index is 13.4. The van der Waals surface area contributed by atoms with Gasteiger partial charge in [-0.05, 0) is 24.6 Å². The molecule has 0 spiro atoms. The molecule has 0 saturated carbocycles. The number of ether oxygens (including phenoxy) is 1. The number of halogens is 4. The average molecular weight is 399 g/mol. The zero-order valence-electron chi connectivity index (χ0n) is 15.2. The largest absolute Gasteiger partial charge is 0.573 e.